The topological polar surface area (TPSA) is 16.6 Å². The normalized spacial score (nSPS) is 11.7. The van der Waals surface area contributed by atoms with Gasteiger partial charge in [-0.05, 0) is 29.4 Å². The average molecular weight is 478 g/mol. The summed E-state index contributed by atoms with van der Waals surface area (Å²) in [4.78, 5) is 0. The van der Waals surface area contributed by atoms with Crippen molar-refractivity contribution in [2.24, 2.45) is 21.1 Å². The summed E-state index contributed by atoms with van der Waals surface area (Å²) in [6, 6.07) is 24.2. The van der Waals surface area contributed by atoms with Crippen LogP contribution in [0.1, 0.15) is 50.7 Å². The van der Waals surface area contributed by atoms with Crippen molar-refractivity contribution in [1.29, 1.82) is 0 Å². The van der Waals surface area contributed by atoms with E-state index in [1.165, 1.54) is 44.7 Å². The Morgan fingerprint density at radius 3 is 1.92 bits per heavy atom. The predicted molar refractivity (Wildman–Crippen MR) is 146 cm³/mol. The highest BCUT2D eigenvalue weighted by Gasteiger charge is 2.33. The number of aromatic nitrogens is 4. The molecule has 36 heavy (non-hydrogen) atoms. The summed E-state index contributed by atoms with van der Waals surface area (Å²) >= 11 is 0. The molecule has 4 heteroatoms. The summed E-state index contributed by atoms with van der Waals surface area (Å²) in [5, 5.41) is 2.49. The van der Waals surface area contributed by atoms with Crippen LogP contribution in [0.4, 0.5) is 0 Å². The molecule has 0 bridgehead atoms. The minimum atomic E-state index is 0.427. The molecule has 0 aliphatic heterocycles. The molecule has 0 aliphatic rings. The van der Waals surface area contributed by atoms with Crippen LogP contribution in [0, 0.1) is 0 Å². The molecule has 3 heterocycles. The van der Waals surface area contributed by atoms with Gasteiger partial charge in [0.15, 0.2) is 6.20 Å². The van der Waals surface area contributed by atoms with Gasteiger partial charge in [-0.3, -0.25) is 0 Å². The second-order valence-corrected chi connectivity index (χ2v) is 10.5. The van der Waals surface area contributed by atoms with E-state index >= 15 is 0 Å². The van der Waals surface area contributed by atoms with Crippen LogP contribution >= 0.6 is 0 Å². The molecule has 4 nitrogen and oxygen atoms in total. The molecule has 0 N–H and O–H groups in total. The van der Waals surface area contributed by atoms with E-state index in [9.17, 15) is 0 Å². The molecule has 3 aromatic heterocycles. The number of fused-ring (bicyclic) bond motifs is 1. The van der Waals surface area contributed by atoms with Gasteiger partial charge in [0.25, 0.3) is 17.1 Å². The Morgan fingerprint density at radius 1 is 0.639 bits per heavy atom. The number of aryl methyl sites for hydroxylation is 2. The standard InChI is InChI=1S/C32H37N4/c1-22(2)26-14-10-15-27(23(3)4)31(26)36-19-18-33(5)32(36)29-17-11-16-28(35(29)7)30-20-24-12-8-9-13-25(24)21-34(30)6/h8-23H,1-7H3/q+3. The maximum Gasteiger partial charge on any atom is 0.359 e. The summed E-state index contributed by atoms with van der Waals surface area (Å²) in [6.45, 7) is 9.14. The van der Waals surface area contributed by atoms with Crippen molar-refractivity contribution in [3.05, 3.63) is 96.4 Å². The van der Waals surface area contributed by atoms with Crippen LogP contribution in [0.2, 0.25) is 0 Å². The third-order valence-corrected chi connectivity index (χ3v) is 7.31. The molecule has 0 saturated heterocycles. The molecule has 0 unspecified atom stereocenters. The number of nitrogens with zero attached hydrogens (tertiary/aromatic N) is 4. The van der Waals surface area contributed by atoms with Crippen molar-refractivity contribution >= 4 is 10.8 Å². The summed E-state index contributed by atoms with van der Waals surface area (Å²) in [5.74, 6) is 2.02. The highest BCUT2D eigenvalue weighted by Crippen LogP contribution is 2.33. The van der Waals surface area contributed by atoms with Crippen LogP contribution < -0.4 is 13.7 Å². The first-order valence-corrected chi connectivity index (χ1v) is 12.9. The molecule has 0 saturated carbocycles. The SMILES string of the molecule is CC(C)c1cccc(C(C)C)c1-n1cc[n+](C)c1-c1cccc(-c2cc3ccccc3c[n+]2C)[n+]1C. The monoisotopic (exact) mass is 477 g/mol. The number of hydrogen-bond donors (Lipinski definition) is 0. The van der Waals surface area contributed by atoms with Gasteiger partial charge in [-0.25, -0.2) is 4.57 Å². The van der Waals surface area contributed by atoms with Crippen molar-refractivity contribution in [3.8, 4) is 28.6 Å². The molecular weight excluding hydrogens is 440 g/mol. The molecule has 0 amide bonds. The number of hydrogen-bond acceptors (Lipinski definition) is 0. The van der Waals surface area contributed by atoms with Crippen molar-refractivity contribution < 1.29 is 13.7 Å². The van der Waals surface area contributed by atoms with Gasteiger partial charge in [0.1, 0.15) is 32.2 Å². The van der Waals surface area contributed by atoms with E-state index in [0.29, 0.717) is 11.8 Å². The minimum absolute atomic E-state index is 0.427. The lowest BCUT2D eigenvalue weighted by molar-refractivity contribution is -0.696. The van der Waals surface area contributed by atoms with Crippen LogP contribution in [0.15, 0.2) is 85.3 Å². The average Bonchev–Trinajstić information content (AvgIpc) is 3.24. The van der Waals surface area contributed by atoms with Crippen LogP contribution in [-0.2, 0) is 21.1 Å². The lowest BCUT2D eigenvalue weighted by Crippen LogP contribution is -2.42. The second-order valence-electron chi connectivity index (χ2n) is 10.5. The third-order valence-electron chi connectivity index (χ3n) is 7.31. The van der Waals surface area contributed by atoms with E-state index in [4.69, 9.17) is 0 Å². The Kier molecular flexibility index (Phi) is 6.21. The Bertz CT molecular complexity index is 1550. The number of rotatable bonds is 5. The van der Waals surface area contributed by atoms with Gasteiger partial charge in [0.2, 0.25) is 0 Å². The van der Waals surface area contributed by atoms with Crippen LogP contribution in [-0.4, -0.2) is 4.57 Å². The van der Waals surface area contributed by atoms with Crippen molar-refractivity contribution in [1.82, 2.24) is 4.57 Å². The molecule has 0 spiro atoms. The molecular formula is C32H37N4+3. The quantitative estimate of drug-likeness (QED) is 0.290. The van der Waals surface area contributed by atoms with Crippen molar-refractivity contribution in [3.63, 3.8) is 0 Å². The Labute approximate surface area is 214 Å². The van der Waals surface area contributed by atoms with Crippen LogP contribution in [0.5, 0.6) is 0 Å². The zero-order valence-electron chi connectivity index (χ0n) is 22.5. The van der Waals surface area contributed by atoms with E-state index in [2.05, 4.69) is 152 Å². The molecule has 0 aliphatic carbocycles. The maximum atomic E-state index is 2.39. The van der Waals surface area contributed by atoms with Gasteiger partial charge in [0, 0.05) is 34.7 Å². The molecule has 5 aromatic rings. The first-order valence-electron chi connectivity index (χ1n) is 12.9. The fraction of sp³-hybridized carbons (Fsp3) is 0.281. The van der Waals surface area contributed by atoms with Gasteiger partial charge in [0.05, 0.1) is 7.05 Å². The highest BCUT2D eigenvalue weighted by molar-refractivity contribution is 5.83. The van der Waals surface area contributed by atoms with Crippen molar-refractivity contribution in [2.75, 3.05) is 0 Å². The first-order chi connectivity index (χ1) is 17.3. The molecule has 182 valence electrons. The van der Waals surface area contributed by atoms with E-state index < -0.39 is 0 Å². The minimum Gasteiger partial charge on any atom is -0.227 e. The lowest BCUT2D eigenvalue weighted by atomic mass is 9.92. The largest absolute Gasteiger partial charge is 0.359 e. The van der Waals surface area contributed by atoms with Gasteiger partial charge < -0.3 is 0 Å². The first kappa shape index (κ1) is 23.9. The molecule has 0 radical (unpaired) electrons. The number of para-hydroxylation sites is 1. The highest BCUT2D eigenvalue weighted by atomic mass is 15.2. The Hall–Kier alpha value is -3.79. The Morgan fingerprint density at radius 2 is 1.25 bits per heavy atom. The van der Waals surface area contributed by atoms with E-state index in [1.54, 1.807) is 0 Å². The summed E-state index contributed by atoms with van der Waals surface area (Å²) in [5.41, 5.74) is 7.58. The molecule has 5 rings (SSSR count). The number of imidazole rings is 1. The van der Waals surface area contributed by atoms with Crippen LogP contribution in [0.25, 0.3) is 39.4 Å². The van der Waals surface area contributed by atoms with Gasteiger partial charge in [-0.2, -0.15) is 13.7 Å². The number of benzene rings is 2. The summed E-state index contributed by atoms with van der Waals surface area (Å²) in [6.07, 6.45) is 6.60. The Balaban J connectivity index is 1.75. The molecule has 0 atom stereocenters. The molecule has 2 aromatic carbocycles. The molecule has 0 fully saturated rings. The predicted octanol–water partition coefficient (Wildman–Crippen LogP) is 5.68. The summed E-state index contributed by atoms with van der Waals surface area (Å²) < 4.78 is 9.18. The van der Waals surface area contributed by atoms with Crippen molar-refractivity contribution in [2.45, 2.75) is 39.5 Å². The summed E-state index contributed by atoms with van der Waals surface area (Å²) in [7, 11) is 6.45. The zero-order valence-corrected chi connectivity index (χ0v) is 22.5. The second kappa shape index (κ2) is 9.34. The maximum absolute atomic E-state index is 2.39. The van der Waals surface area contributed by atoms with Gasteiger partial charge in [-0.15, -0.1) is 0 Å². The fourth-order valence-electron chi connectivity index (χ4n) is 5.36. The van der Waals surface area contributed by atoms with E-state index in [1.807, 2.05) is 0 Å². The van der Waals surface area contributed by atoms with E-state index in [-0.39, 0.29) is 0 Å². The van der Waals surface area contributed by atoms with Crippen LogP contribution in [0.3, 0.4) is 0 Å². The van der Waals surface area contributed by atoms with Gasteiger partial charge >= 0.3 is 5.82 Å². The third kappa shape index (κ3) is 4.01. The number of pyridine rings is 2. The fourth-order valence-corrected chi connectivity index (χ4v) is 5.36. The van der Waals surface area contributed by atoms with E-state index in [0.717, 1.165) is 5.82 Å². The lowest BCUT2D eigenvalue weighted by Gasteiger charge is -2.17. The van der Waals surface area contributed by atoms with Gasteiger partial charge in [-0.1, -0.05) is 64.1 Å². The smallest absolute Gasteiger partial charge is 0.227 e. The zero-order chi connectivity index (χ0) is 25.6.